The number of alkyl halides is 3. The number of carbonyl (C=O) groups is 4. The maximum absolute atomic E-state index is 14.0. The van der Waals surface area contributed by atoms with Crippen molar-refractivity contribution in [2.75, 3.05) is 18.9 Å². The molecule has 3 aliphatic rings. The number of likely N-dealkylation sites (tertiary alicyclic amines) is 1. The van der Waals surface area contributed by atoms with Crippen LogP contribution < -0.4 is 5.32 Å². The third-order valence-corrected chi connectivity index (χ3v) is 8.43. The molecule has 1 saturated carbocycles. The Morgan fingerprint density at radius 1 is 1.20 bits per heavy atom. The number of fused-ring (bicyclic) bond motifs is 2. The van der Waals surface area contributed by atoms with E-state index in [4.69, 9.17) is 6.57 Å². The first-order chi connectivity index (χ1) is 19.4. The number of carbonyl (C=O) groups excluding carboxylic acids is 4. The van der Waals surface area contributed by atoms with E-state index >= 15 is 0 Å². The molecule has 2 aromatic rings. The zero-order valence-electron chi connectivity index (χ0n) is 22.6. The molecule has 5 rings (SSSR count). The molecule has 1 aliphatic heterocycles. The molecule has 1 unspecified atom stereocenters. The fraction of sp³-hybridized carbons (Fsp3) is 0.433. The minimum Gasteiger partial charge on any atom is -0.325 e. The van der Waals surface area contributed by atoms with Gasteiger partial charge in [0.15, 0.2) is 0 Å². The number of rotatable bonds is 5. The number of hydrogen-bond donors (Lipinski definition) is 1. The van der Waals surface area contributed by atoms with Crippen LogP contribution in [-0.4, -0.2) is 59.1 Å². The van der Waals surface area contributed by atoms with E-state index in [2.05, 4.69) is 10.2 Å². The lowest BCUT2D eigenvalue weighted by atomic mass is 9.80. The van der Waals surface area contributed by atoms with E-state index in [1.54, 1.807) is 0 Å². The molecule has 0 bridgehead atoms. The number of Topliss-reactive ketones (excluding diaryl/α,β-unsaturated/α-hetero) is 1. The summed E-state index contributed by atoms with van der Waals surface area (Å²) in [6.45, 7) is 9.23. The molecular formula is C30H29F3N4O4. The minimum atomic E-state index is -4.76. The molecule has 2 aliphatic carbocycles. The van der Waals surface area contributed by atoms with Crippen molar-refractivity contribution >= 4 is 29.2 Å². The Hall–Kier alpha value is -4.20. The van der Waals surface area contributed by atoms with Crippen LogP contribution in [-0.2, 0) is 37.2 Å². The van der Waals surface area contributed by atoms with Crippen molar-refractivity contribution in [3.05, 3.63) is 76.1 Å². The van der Waals surface area contributed by atoms with Gasteiger partial charge in [-0.2, -0.15) is 13.2 Å². The predicted molar refractivity (Wildman–Crippen MR) is 142 cm³/mol. The van der Waals surface area contributed by atoms with Crippen molar-refractivity contribution in [2.24, 2.45) is 5.92 Å². The standard InChI is InChI=1S/C30H29F3N4O4/c1-17-8-11-22(21(12-17)30(31,32)33)35-26(39)28(41)36(3)23(13-18-9-10-18)27(40)37-16-29(15-25(37)34-2)20-7-5-4-6-19(20)14-24(29)38/h4-8,11-12,18,23,25H,9-10,13-16H2,1,3H3,(H,35,39)/t23-,25-,29?/m0/s1. The smallest absolute Gasteiger partial charge is 0.325 e. The highest BCUT2D eigenvalue weighted by Gasteiger charge is 2.58. The van der Waals surface area contributed by atoms with Gasteiger partial charge in [0, 0.05) is 20.0 Å². The Bertz CT molecular complexity index is 1480. The summed E-state index contributed by atoms with van der Waals surface area (Å²) in [6.07, 6.45) is -3.43. The van der Waals surface area contributed by atoms with Crippen molar-refractivity contribution in [2.45, 2.75) is 62.8 Å². The van der Waals surface area contributed by atoms with Gasteiger partial charge in [-0.1, -0.05) is 48.7 Å². The molecule has 11 heteroatoms. The van der Waals surface area contributed by atoms with E-state index in [1.807, 2.05) is 24.3 Å². The van der Waals surface area contributed by atoms with E-state index < -0.39 is 52.8 Å². The van der Waals surface area contributed by atoms with Crippen LogP contribution in [0.4, 0.5) is 18.9 Å². The summed E-state index contributed by atoms with van der Waals surface area (Å²) in [7, 11) is 1.27. The lowest BCUT2D eigenvalue weighted by Gasteiger charge is -2.31. The Labute approximate surface area is 235 Å². The highest BCUT2D eigenvalue weighted by atomic mass is 19.4. The van der Waals surface area contributed by atoms with Gasteiger partial charge < -0.3 is 10.2 Å². The molecule has 41 heavy (non-hydrogen) atoms. The number of nitrogens with zero attached hydrogens (tertiary/aromatic N) is 3. The van der Waals surface area contributed by atoms with Crippen LogP contribution in [0.25, 0.3) is 4.85 Å². The Kier molecular flexibility index (Phi) is 7.14. The summed E-state index contributed by atoms with van der Waals surface area (Å²) in [6, 6.07) is 9.57. The molecule has 3 amide bonds. The normalized spacial score (nSPS) is 22.3. The predicted octanol–water partition coefficient (Wildman–Crippen LogP) is 4.12. The molecular weight excluding hydrogens is 537 g/mol. The first kappa shape index (κ1) is 28.3. The highest BCUT2D eigenvalue weighted by Crippen LogP contribution is 2.46. The average Bonchev–Trinajstić information content (AvgIpc) is 3.61. The number of aryl methyl sites for hydroxylation is 1. The number of anilines is 1. The van der Waals surface area contributed by atoms with Gasteiger partial charge in [-0.3, -0.25) is 28.9 Å². The highest BCUT2D eigenvalue weighted by molar-refractivity contribution is 6.40. The zero-order valence-corrected chi connectivity index (χ0v) is 22.6. The largest absolute Gasteiger partial charge is 0.418 e. The maximum Gasteiger partial charge on any atom is 0.418 e. The molecule has 0 aromatic heterocycles. The molecule has 0 radical (unpaired) electrons. The monoisotopic (exact) mass is 566 g/mol. The number of ketones is 1. The molecule has 1 heterocycles. The van der Waals surface area contributed by atoms with Gasteiger partial charge in [-0.15, -0.1) is 0 Å². The number of nitrogens with one attached hydrogen (secondary N) is 1. The lowest BCUT2D eigenvalue weighted by molar-refractivity contribution is -0.149. The van der Waals surface area contributed by atoms with Crippen molar-refractivity contribution in [1.29, 1.82) is 0 Å². The number of halogens is 3. The number of amides is 3. The van der Waals surface area contributed by atoms with Gasteiger partial charge in [-0.05, 0) is 42.5 Å². The molecule has 3 atom stereocenters. The SMILES string of the molecule is [C-]#[N+][C@@H]1CC2(CN1C(=O)[C@H](CC1CC1)N(C)C(=O)C(=O)Nc1ccc(C)cc1C(F)(F)F)C(=O)Cc1ccccc12. The molecule has 8 nitrogen and oxygen atoms in total. The summed E-state index contributed by atoms with van der Waals surface area (Å²) in [4.78, 5) is 59.2. The van der Waals surface area contributed by atoms with Crippen LogP contribution in [0.1, 0.15) is 47.9 Å². The van der Waals surface area contributed by atoms with Gasteiger partial charge >= 0.3 is 24.2 Å². The molecule has 1 N–H and O–H groups in total. The van der Waals surface area contributed by atoms with Crippen molar-refractivity contribution in [3.8, 4) is 0 Å². The zero-order chi connectivity index (χ0) is 29.7. The van der Waals surface area contributed by atoms with Crippen molar-refractivity contribution < 1.29 is 32.3 Å². The quantitative estimate of drug-likeness (QED) is 0.436. The molecule has 214 valence electrons. The van der Waals surface area contributed by atoms with Crippen molar-refractivity contribution in [3.63, 3.8) is 0 Å². The van der Waals surface area contributed by atoms with Gasteiger partial charge in [0.25, 0.3) is 5.91 Å². The molecule has 2 fully saturated rings. The van der Waals surface area contributed by atoms with Crippen LogP contribution in [0.2, 0.25) is 0 Å². The van der Waals surface area contributed by atoms with E-state index in [-0.39, 0.29) is 37.5 Å². The third-order valence-electron chi connectivity index (χ3n) is 8.43. The van der Waals surface area contributed by atoms with E-state index in [0.29, 0.717) is 5.56 Å². The number of hydrogen-bond acceptors (Lipinski definition) is 4. The summed E-state index contributed by atoms with van der Waals surface area (Å²) in [5.74, 6) is -2.97. The van der Waals surface area contributed by atoms with Gasteiger partial charge in [-0.25, -0.2) is 6.57 Å². The second kappa shape index (κ2) is 10.3. The van der Waals surface area contributed by atoms with Crippen LogP contribution in [0.3, 0.4) is 0 Å². The van der Waals surface area contributed by atoms with Crippen molar-refractivity contribution in [1.82, 2.24) is 9.80 Å². The van der Waals surface area contributed by atoms with Gasteiger partial charge in [0.1, 0.15) is 11.8 Å². The first-order valence-electron chi connectivity index (χ1n) is 13.4. The second-order valence-corrected chi connectivity index (χ2v) is 11.2. The van der Waals surface area contributed by atoms with Crippen LogP contribution in [0.15, 0.2) is 42.5 Å². The molecule has 1 saturated heterocycles. The Balaban J connectivity index is 1.39. The summed E-state index contributed by atoms with van der Waals surface area (Å²) in [5, 5.41) is 2.07. The molecule has 1 spiro atoms. The fourth-order valence-electron chi connectivity index (χ4n) is 6.02. The summed E-state index contributed by atoms with van der Waals surface area (Å²) < 4.78 is 40.7. The average molecular weight is 567 g/mol. The lowest BCUT2D eigenvalue weighted by Crippen LogP contribution is -2.53. The van der Waals surface area contributed by atoms with E-state index in [9.17, 15) is 32.3 Å². The van der Waals surface area contributed by atoms with Crippen LogP contribution in [0.5, 0.6) is 0 Å². The van der Waals surface area contributed by atoms with Crippen LogP contribution >= 0.6 is 0 Å². The van der Waals surface area contributed by atoms with Gasteiger partial charge in [0.2, 0.25) is 0 Å². The minimum absolute atomic E-state index is 0.0115. The number of likely N-dealkylation sites (N-methyl/N-ethyl adjacent to an activating group) is 1. The van der Waals surface area contributed by atoms with Crippen LogP contribution in [0, 0.1) is 19.4 Å². The van der Waals surface area contributed by atoms with E-state index in [1.165, 1.54) is 24.9 Å². The third kappa shape index (κ3) is 5.19. The maximum atomic E-state index is 14.0. The summed E-state index contributed by atoms with van der Waals surface area (Å²) in [5.41, 5.74) is -0.665. The fourth-order valence-corrected chi connectivity index (χ4v) is 6.02. The van der Waals surface area contributed by atoms with E-state index in [0.717, 1.165) is 41.0 Å². The topological polar surface area (TPSA) is 91.2 Å². The number of benzene rings is 2. The first-order valence-corrected chi connectivity index (χ1v) is 13.4. The Morgan fingerprint density at radius 3 is 2.56 bits per heavy atom. The van der Waals surface area contributed by atoms with Gasteiger partial charge in [0.05, 0.1) is 23.1 Å². The second-order valence-electron chi connectivity index (χ2n) is 11.2. The summed E-state index contributed by atoms with van der Waals surface area (Å²) >= 11 is 0. The molecule has 2 aromatic carbocycles. The Morgan fingerprint density at radius 2 is 1.90 bits per heavy atom.